The molecule has 0 aliphatic carbocycles. The van der Waals surface area contributed by atoms with Gasteiger partial charge >= 0.3 is 0 Å². The van der Waals surface area contributed by atoms with E-state index in [2.05, 4.69) is 4.98 Å². The molecule has 0 atom stereocenters. The standard InChI is InChI=1S/C9H4F2INO/c10-4-1-2-5(11)8-7(4)9(14)6(12)3-13-8/h1-3H,(H,13,14). The lowest BCUT2D eigenvalue weighted by molar-refractivity contribution is 0.614. The molecule has 72 valence electrons. The molecule has 0 unspecified atom stereocenters. The second-order valence-electron chi connectivity index (χ2n) is 2.74. The van der Waals surface area contributed by atoms with Gasteiger partial charge in [-0.15, -0.1) is 0 Å². The quantitative estimate of drug-likeness (QED) is 0.745. The van der Waals surface area contributed by atoms with Gasteiger partial charge in [0.1, 0.15) is 11.6 Å². The van der Waals surface area contributed by atoms with Gasteiger partial charge in [-0.05, 0) is 34.7 Å². The molecule has 1 heterocycles. The van der Waals surface area contributed by atoms with E-state index in [-0.39, 0.29) is 10.9 Å². The van der Waals surface area contributed by atoms with Gasteiger partial charge in [-0.25, -0.2) is 8.78 Å². The van der Waals surface area contributed by atoms with Crippen molar-refractivity contribution in [3.05, 3.63) is 43.8 Å². The molecule has 1 aromatic carbocycles. The van der Waals surface area contributed by atoms with Crippen molar-refractivity contribution in [3.63, 3.8) is 0 Å². The summed E-state index contributed by atoms with van der Waals surface area (Å²) >= 11 is 1.77. The fourth-order valence-corrected chi connectivity index (χ4v) is 1.66. The number of nitrogens with one attached hydrogen (secondary N) is 1. The topological polar surface area (TPSA) is 32.9 Å². The second-order valence-corrected chi connectivity index (χ2v) is 3.91. The summed E-state index contributed by atoms with van der Waals surface area (Å²) in [7, 11) is 0. The summed E-state index contributed by atoms with van der Waals surface area (Å²) in [6.45, 7) is 0. The van der Waals surface area contributed by atoms with Crippen LogP contribution in [0.3, 0.4) is 0 Å². The van der Waals surface area contributed by atoms with Crippen LogP contribution in [0, 0.1) is 15.2 Å². The monoisotopic (exact) mass is 307 g/mol. The van der Waals surface area contributed by atoms with Crippen LogP contribution in [-0.4, -0.2) is 4.98 Å². The van der Waals surface area contributed by atoms with Gasteiger partial charge in [0.05, 0.1) is 14.5 Å². The molecule has 0 amide bonds. The van der Waals surface area contributed by atoms with Crippen LogP contribution < -0.4 is 5.43 Å². The SMILES string of the molecule is O=c1c(I)c[nH]c2c(F)ccc(F)c12. The highest BCUT2D eigenvalue weighted by atomic mass is 127. The van der Waals surface area contributed by atoms with Gasteiger partial charge in [0.25, 0.3) is 0 Å². The van der Waals surface area contributed by atoms with E-state index in [4.69, 9.17) is 0 Å². The number of hydrogen-bond donors (Lipinski definition) is 1. The van der Waals surface area contributed by atoms with Crippen LogP contribution in [0.2, 0.25) is 0 Å². The van der Waals surface area contributed by atoms with E-state index < -0.39 is 17.1 Å². The van der Waals surface area contributed by atoms with E-state index in [9.17, 15) is 13.6 Å². The largest absolute Gasteiger partial charge is 0.357 e. The first-order valence-corrected chi connectivity index (χ1v) is 4.84. The lowest BCUT2D eigenvalue weighted by Gasteiger charge is -2.00. The Bertz CT molecular complexity index is 564. The zero-order valence-corrected chi connectivity index (χ0v) is 8.93. The van der Waals surface area contributed by atoms with Crippen molar-refractivity contribution in [3.8, 4) is 0 Å². The van der Waals surface area contributed by atoms with Crippen molar-refractivity contribution in [2.75, 3.05) is 0 Å². The van der Waals surface area contributed by atoms with Gasteiger partial charge in [-0.3, -0.25) is 4.79 Å². The first-order valence-electron chi connectivity index (χ1n) is 3.76. The smallest absolute Gasteiger partial charge is 0.205 e. The predicted molar refractivity (Wildman–Crippen MR) is 57.2 cm³/mol. The van der Waals surface area contributed by atoms with E-state index in [1.54, 1.807) is 22.6 Å². The minimum atomic E-state index is -0.707. The number of benzene rings is 1. The van der Waals surface area contributed by atoms with E-state index in [1.807, 2.05) is 0 Å². The van der Waals surface area contributed by atoms with E-state index >= 15 is 0 Å². The zero-order chi connectivity index (χ0) is 10.3. The van der Waals surface area contributed by atoms with E-state index in [0.717, 1.165) is 12.1 Å². The molecule has 0 fully saturated rings. The Hall–Kier alpha value is -0.980. The number of H-pyrrole nitrogens is 1. The maximum absolute atomic E-state index is 13.2. The number of pyridine rings is 1. The number of aromatic nitrogens is 1. The molecule has 1 N–H and O–H groups in total. The summed E-state index contributed by atoms with van der Waals surface area (Å²) < 4.78 is 26.7. The molecule has 2 rings (SSSR count). The molecule has 0 spiro atoms. The number of fused-ring (bicyclic) bond motifs is 1. The third-order valence-electron chi connectivity index (χ3n) is 1.89. The van der Waals surface area contributed by atoms with Crippen LogP contribution in [0.25, 0.3) is 10.9 Å². The molecule has 2 aromatic rings. The highest BCUT2D eigenvalue weighted by molar-refractivity contribution is 14.1. The Balaban J connectivity index is 3.09. The first kappa shape index (κ1) is 9.57. The molecule has 5 heteroatoms. The Morgan fingerprint density at radius 1 is 1.21 bits per heavy atom. The van der Waals surface area contributed by atoms with Crippen LogP contribution in [0.1, 0.15) is 0 Å². The molecular weight excluding hydrogens is 303 g/mol. The molecule has 0 radical (unpaired) electrons. The van der Waals surface area contributed by atoms with Crippen LogP contribution in [0.15, 0.2) is 23.1 Å². The van der Waals surface area contributed by atoms with E-state index in [1.165, 1.54) is 6.20 Å². The third-order valence-corrected chi connectivity index (χ3v) is 2.69. The zero-order valence-electron chi connectivity index (χ0n) is 6.77. The van der Waals surface area contributed by atoms with E-state index in [0.29, 0.717) is 3.57 Å². The third kappa shape index (κ3) is 1.31. The van der Waals surface area contributed by atoms with Gasteiger partial charge in [0.15, 0.2) is 0 Å². The number of halogens is 3. The summed E-state index contributed by atoms with van der Waals surface area (Å²) in [4.78, 5) is 14.0. The molecule has 0 aliphatic rings. The van der Waals surface area contributed by atoms with Crippen LogP contribution in [0.4, 0.5) is 8.78 Å². The maximum atomic E-state index is 13.2. The molecule has 2 nitrogen and oxygen atoms in total. The van der Waals surface area contributed by atoms with Gasteiger partial charge in [-0.2, -0.15) is 0 Å². The van der Waals surface area contributed by atoms with Crippen molar-refractivity contribution in [1.29, 1.82) is 0 Å². The molecular formula is C9H4F2INO. The van der Waals surface area contributed by atoms with Crippen molar-refractivity contribution in [1.82, 2.24) is 4.98 Å². The van der Waals surface area contributed by atoms with Crippen molar-refractivity contribution < 1.29 is 8.78 Å². The molecule has 0 saturated carbocycles. The van der Waals surface area contributed by atoms with Crippen molar-refractivity contribution >= 4 is 33.5 Å². The summed E-state index contributed by atoms with van der Waals surface area (Å²) in [5.41, 5.74) is -0.577. The Kier molecular flexibility index (Phi) is 2.26. The Labute approximate surface area is 91.1 Å². The number of hydrogen-bond acceptors (Lipinski definition) is 1. The average molecular weight is 307 g/mol. The summed E-state index contributed by atoms with van der Waals surface area (Å²) in [5, 5.41) is -0.225. The van der Waals surface area contributed by atoms with Gasteiger partial charge < -0.3 is 4.98 Å². The van der Waals surface area contributed by atoms with Gasteiger partial charge in [0, 0.05) is 6.20 Å². The van der Waals surface area contributed by atoms with Crippen molar-refractivity contribution in [2.45, 2.75) is 0 Å². The lowest BCUT2D eigenvalue weighted by atomic mass is 10.2. The normalized spacial score (nSPS) is 10.8. The van der Waals surface area contributed by atoms with Crippen molar-refractivity contribution in [2.24, 2.45) is 0 Å². The van der Waals surface area contributed by atoms with Crippen LogP contribution in [-0.2, 0) is 0 Å². The number of rotatable bonds is 0. The van der Waals surface area contributed by atoms with Crippen LogP contribution in [0.5, 0.6) is 0 Å². The van der Waals surface area contributed by atoms with Crippen LogP contribution >= 0.6 is 22.6 Å². The molecule has 1 aromatic heterocycles. The predicted octanol–water partition coefficient (Wildman–Crippen LogP) is 2.41. The molecule has 0 saturated heterocycles. The summed E-state index contributed by atoms with van der Waals surface area (Å²) in [6, 6.07) is 1.93. The Morgan fingerprint density at radius 3 is 2.57 bits per heavy atom. The minimum absolute atomic E-state index is 0.0876. The highest BCUT2D eigenvalue weighted by Gasteiger charge is 2.11. The maximum Gasteiger partial charge on any atom is 0.205 e. The second kappa shape index (κ2) is 3.30. The summed E-state index contributed by atoms with van der Waals surface area (Å²) in [5.74, 6) is -1.34. The number of aromatic amines is 1. The fraction of sp³-hybridized carbons (Fsp3) is 0. The average Bonchev–Trinajstić information content (AvgIpc) is 2.16. The molecule has 0 bridgehead atoms. The minimum Gasteiger partial charge on any atom is -0.357 e. The highest BCUT2D eigenvalue weighted by Crippen LogP contribution is 2.16. The first-order chi connectivity index (χ1) is 6.61. The summed E-state index contributed by atoms with van der Waals surface area (Å²) in [6.07, 6.45) is 1.35. The molecule has 14 heavy (non-hydrogen) atoms. The Morgan fingerprint density at radius 2 is 1.86 bits per heavy atom. The van der Waals surface area contributed by atoms with Gasteiger partial charge in [-0.1, -0.05) is 0 Å². The van der Waals surface area contributed by atoms with Gasteiger partial charge in [0.2, 0.25) is 5.43 Å². The fourth-order valence-electron chi connectivity index (χ4n) is 1.24. The molecule has 0 aliphatic heterocycles. The lowest BCUT2D eigenvalue weighted by Crippen LogP contribution is -2.09.